The molecular formula is C13H18FNO2. The highest BCUT2D eigenvalue weighted by Crippen LogP contribution is 2.26. The van der Waals surface area contributed by atoms with Crippen molar-refractivity contribution in [3.05, 3.63) is 29.6 Å². The molecule has 1 aliphatic heterocycles. The summed E-state index contributed by atoms with van der Waals surface area (Å²) in [6.45, 7) is 3.53. The molecule has 2 rings (SSSR count). The molecule has 94 valence electrons. The zero-order valence-electron chi connectivity index (χ0n) is 10.2. The monoisotopic (exact) mass is 239 g/mol. The van der Waals surface area contributed by atoms with Gasteiger partial charge in [-0.1, -0.05) is 0 Å². The highest BCUT2D eigenvalue weighted by Gasteiger charge is 2.20. The Morgan fingerprint density at radius 2 is 2.35 bits per heavy atom. The van der Waals surface area contributed by atoms with Gasteiger partial charge in [-0.05, 0) is 31.5 Å². The molecule has 1 aromatic carbocycles. The lowest BCUT2D eigenvalue weighted by Crippen LogP contribution is -2.31. The van der Waals surface area contributed by atoms with Gasteiger partial charge in [0.2, 0.25) is 0 Å². The summed E-state index contributed by atoms with van der Waals surface area (Å²) in [6.07, 6.45) is 1.00. The van der Waals surface area contributed by atoms with Gasteiger partial charge in [0, 0.05) is 24.3 Å². The number of methoxy groups -OCH3 is 1. The van der Waals surface area contributed by atoms with Crippen molar-refractivity contribution in [2.24, 2.45) is 0 Å². The predicted octanol–water partition coefficient (Wildman–Crippen LogP) is 2.27. The van der Waals surface area contributed by atoms with Crippen LogP contribution in [0.1, 0.15) is 24.9 Å². The molecule has 1 saturated heterocycles. The van der Waals surface area contributed by atoms with Crippen molar-refractivity contribution in [3.63, 3.8) is 0 Å². The molecular weight excluding hydrogens is 221 g/mol. The summed E-state index contributed by atoms with van der Waals surface area (Å²) in [5.41, 5.74) is 0.847. The topological polar surface area (TPSA) is 30.5 Å². The Hall–Kier alpha value is -1.13. The van der Waals surface area contributed by atoms with E-state index in [0.717, 1.165) is 25.2 Å². The van der Waals surface area contributed by atoms with Crippen LogP contribution in [0.4, 0.5) is 4.39 Å². The van der Waals surface area contributed by atoms with E-state index >= 15 is 0 Å². The van der Waals surface area contributed by atoms with Gasteiger partial charge < -0.3 is 14.8 Å². The minimum atomic E-state index is -0.239. The normalized spacial score (nSPS) is 21.5. The van der Waals surface area contributed by atoms with Gasteiger partial charge in [-0.15, -0.1) is 0 Å². The molecule has 1 heterocycles. The average molecular weight is 239 g/mol. The molecule has 4 heteroatoms. The lowest BCUT2D eigenvalue weighted by molar-refractivity contribution is 0.188. The zero-order chi connectivity index (χ0) is 12.3. The molecule has 0 amide bonds. The molecule has 0 aliphatic carbocycles. The number of benzene rings is 1. The number of ether oxygens (including phenoxy) is 2. The summed E-state index contributed by atoms with van der Waals surface area (Å²) in [5.74, 6) is 0.474. The molecule has 1 fully saturated rings. The van der Waals surface area contributed by atoms with Gasteiger partial charge >= 0.3 is 0 Å². The van der Waals surface area contributed by atoms with Crippen molar-refractivity contribution < 1.29 is 13.9 Å². The second kappa shape index (κ2) is 5.47. The molecule has 0 bridgehead atoms. The molecule has 0 spiro atoms. The Kier molecular flexibility index (Phi) is 3.97. The highest BCUT2D eigenvalue weighted by atomic mass is 19.1. The summed E-state index contributed by atoms with van der Waals surface area (Å²) in [6, 6.07) is 4.99. The Balaban J connectivity index is 2.11. The average Bonchev–Trinajstić information content (AvgIpc) is 2.81. The van der Waals surface area contributed by atoms with Crippen LogP contribution in [0, 0.1) is 5.82 Å². The predicted molar refractivity (Wildman–Crippen MR) is 63.7 cm³/mol. The van der Waals surface area contributed by atoms with Gasteiger partial charge in [0.25, 0.3) is 0 Å². The third-order valence-corrected chi connectivity index (χ3v) is 3.07. The quantitative estimate of drug-likeness (QED) is 0.874. The first kappa shape index (κ1) is 12.3. The maximum absolute atomic E-state index is 13.2. The Morgan fingerprint density at radius 3 is 3.00 bits per heavy atom. The van der Waals surface area contributed by atoms with E-state index in [2.05, 4.69) is 5.32 Å². The van der Waals surface area contributed by atoms with E-state index in [1.807, 2.05) is 6.92 Å². The van der Waals surface area contributed by atoms with Crippen LogP contribution in [0.25, 0.3) is 0 Å². The molecule has 0 saturated carbocycles. The van der Waals surface area contributed by atoms with Gasteiger partial charge in [0.1, 0.15) is 11.6 Å². The van der Waals surface area contributed by atoms with E-state index in [9.17, 15) is 4.39 Å². The minimum absolute atomic E-state index is 0.0485. The van der Waals surface area contributed by atoms with E-state index < -0.39 is 0 Å². The fourth-order valence-corrected chi connectivity index (χ4v) is 2.15. The number of hydrogen-bond donors (Lipinski definition) is 1. The summed E-state index contributed by atoms with van der Waals surface area (Å²) >= 11 is 0. The van der Waals surface area contributed by atoms with Crippen LogP contribution in [0.5, 0.6) is 5.75 Å². The molecule has 1 N–H and O–H groups in total. The minimum Gasteiger partial charge on any atom is -0.496 e. The van der Waals surface area contributed by atoms with E-state index in [0.29, 0.717) is 11.8 Å². The van der Waals surface area contributed by atoms with Crippen molar-refractivity contribution >= 4 is 0 Å². The third kappa shape index (κ3) is 2.96. The smallest absolute Gasteiger partial charge is 0.123 e. The largest absolute Gasteiger partial charge is 0.496 e. The van der Waals surface area contributed by atoms with Crippen LogP contribution in [0.3, 0.4) is 0 Å². The molecule has 3 nitrogen and oxygen atoms in total. The van der Waals surface area contributed by atoms with Crippen molar-refractivity contribution in [3.8, 4) is 5.75 Å². The lowest BCUT2D eigenvalue weighted by Gasteiger charge is -2.20. The Labute approximate surface area is 101 Å². The molecule has 1 aliphatic rings. The SMILES string of the molecule is COc1ccc(F)cc1C(C)NC1CCOC1. The second-order valence-corrected chi connectivity index (χ2v) is 4.34. The van der Waals surface area contributed by atoms with Crippen LogP contribution < -0.4 is 10.1 Å². The summed E-state index contributed by atoms with van der Waals surface area (Å²) < 4.78 is 23.8. The maximum atomic E-state index is 13.2. The van der Waals surface area contributed by atoms with E-state index in [1.165, 1.54) is 12.1 Å². The van der Waals surface area contributed by atoms with Gasteiger partial charge in [-0.25, -0.2) is 4.39 Å². The highest BCUT2D eigenvalue weighted by molar-refractivity contribution is 5.36. The first-order chi connectivity index (χ1) is 8.20. The molecule has 2 atom stereocenters. The number of nitrogens with one attached hydrogen (secondary N) is 1. The first-order valence-corrected chi connectivity index (χ1v) is 5.88. The summed E-state index contributed by atoms with van der Waals surface area (Å²) in [7, 11) is 1.60. The van der Waals surface area contributed by atoms with Crippen molar-refractivity contribution in [1.82, 2.24) is 5.32 Å². The molecule has 1 aromatic rings. The fraction of sp³-hybridized carbons (Fsp3) is 0.538. The number of halogens is 1. The van der Waals surface area contributed by atoms with E-state index in [-0.39, 0.29) is 11.9 Å². The maximum Gasteiger partial charge on any atom is 0.123 e. The number of hydrogen-bond acceptors (Lipinski definition) is 3. The summed E-state index contributed by atoms with van der Waals surface area (Å²) in [4.78, 5) is 0. The van der Waals surface area contributed by atoms with Crippen LogP contribution >= 0.6 is 0 Å². The molecule has 0 radical (unpaired) electrons. The van der Waals surface area contributed by atoms with Gasteiger partial charge in [0.05, 0.1) is 13.7 Å². The second-order valence-electron chi connectivity index (χ2n) is 4.34. The molecule has 17 heavy (non-hydrogen) atoms. The van der Waals surface area contributed by atoms with Gasteiger partial charge in [0.15, 0.2) is 0 Å². The van der Waals surface area contributed by atoms with Gasteiger partial charge in [-0.3, -0.25) is 0 Å². The van der Waals surface area contributed by atoms with Crippen LogP contribution in [-0.4, -0.2) is 26.4 Å². The van der Waals surface area contributed by atoms with Crippen molar-refractivity contribution in [2.75, 3.05) is 20.3 Å². The number of rotatable bonds is 4. The van der Waals surface area contributed by atoms with Crippen molar-refractivity contribution in [1.29, 1.82) is 0 Å². The van der Waals surface area contributed by atoms with Crippen LogP contribution in [0.2, 0.25) is 0 Å². The van der Waals surface area contributed by atoms with Crippen LogP contribution in [-0.2, 0) is 4.74 Å². The standard InChI is InChI=1S/C13H18FNO2/c1-9(15-11-5-6-17-8-11)12-7-10(14)3-4-13(12)16-2/h3-4,7,9,11,15H,5-6,8H2,1-2H3. The van der Waals surface area contributed by atoms with E-state index in [4.69, 9.17) is 9.47 Å². The Bertz CT molecular complexity index is 378. The van der Waals surface area contributed by atoms with Gasteiger partial charge in [-0.2, -0.15) is 0 Å². The molecule has 0 aromatic heterocycles. The first-order valence-electron chi connectivity index (χ1n) is 5.88. The Morgan fingerprint density at radius 1 is 1.53 bits per heavy atom. The third-order valence-electron chi connectivity index (χ3n) is 3.07. The van der Waals surface area contributed by atoms with Crippen molar-refractivity contribution in [2.45, 2.75) is 25.4 Å². The zero-order valence-corrected chi connectivity index (χ0v) is 10.2. The van der Waals surface area contributed by atoms with E-state index in [1.54, 1.807) is 13.2 Å². The van der Waals surface area contributed by atoms with Crippen LogP contribution in [0.15, 0.2) is 18.2 Å². The summed E-state index contributed by atoms with van der Waals surface area (Å²) in [5, 5.41) is 3.43. The lowest BCUT2D eigenvalue weighted by atomic mass is 10.1. The molecule has 2 unspecified atom stereocenters. The fourth-order valence-electron chi connectivity index (χ4n) is 2.15.